The van der Waals surface area contributed by atoms with Crippen molar-refractivity contribution in [1.82, 2.24) is 9.55 Å². The van der Waals surface area contributed by atoms with E-state index in [4.69, 9.17) is 9.47 Å². The fourth-order valence-electron chi connectivity index (χ4n) is 3.88. The van der Waals surface area contributed by atoms with Crippen LogP contribution in [0.1, 0.15) is 38.8 Å². The Labute approximate surface area is 181 Å². The van der Waals surface area contributed by atoms with Gasteiger partial charge in [-0.2, -0.15) is 0 Å². The Morgan fingerprint density at radius 1 is 1.16 bits per heavy atom. The highest BCUT2D eigenvalue weighted by molar-refractivity contribution is 6.07. The maximum absolute atomic E-state index is 12.9. The lowest BCUT2D eigenvalue weighted by atomic mass is 9.90. The number of carbonyl (C=O) groups is 2. The lowest BCUT2D eigenvalue weighted by molar-refractivity contribution is -0.152. The Bertz CT molecular complexity index is 1090. The zero-order valence-electron chi connectivity index (χ0n) is 18.0. The fourth-order valence-corrected chi connectivity index (χ4v) is 3.88. The van der Waals surface area contributed by atoms with Crippen LogP contribution in [0.5, 0.6) is 5.75 Å². The highest BCUT2D eigenvalue weighted by Gasteiger charge is 2.44. The van der Waals surface area contributed by atoms with Crippen molar-refractivity contribution < 1.29 is 19.1 Å². The summed E-state index contributed by atoms with van der Waals surface area (Å²) in [6.07, 6.45) is 0.972. The van der Waals surface area contributed by atoms with Crippen molar-refractivity contribution in [3.05, 3.63) is 54.1 Å². The number of anilines is 1. The molecule has 7 nitrogen and oxygen atoms in total. The molecule has 2 heterocycles. The molecule has 2 atom stereocenters. The van der Waals surface area contributed by atoms with Crippen LogP contribution in [0.3, 0.4) is 0 Å². The van der Waals surface area contributed by atoms with Crippen molar-refractivity contribution in [1.29, 1.82) is 0 Å². The number of rotatable bonds is 7. The molecular weight excluding hydrogens is 394 g/mol. The Hall–Kier alpha value is -3.35. The molecular formula is C24H27N3O4. The van der Waals surface area contributed by atoms with Gasteiger partial charge < -0.3 is 14.0 Å². The molecule has 7 heteroatoms. The quantitative estimate of drug-likeness (QED) is 0.457. The first-order valence-corrected chi connectivity index (χ1v) is 10.7. The maximum Gasteiger partial charge on any atom is 0.321 e. The van der Waals surface area contributed by atoms with Gasteiger partial charge in [-0.25, -0.2) is 4.98 Å². The monoisotopic (exact) mass is 421 g/mol. The number of benzene rings is 2. The number of carbonyl (C=O) groups excluding carboxylic acids is 2. The second-order valence-electron chi connectivity index (χ2n) is 8.06. The van der Waals surface area contributed by atoms with Gasteiger partial charge in [-0.3, -0.25) is 14.9 Å². The van der Waals surface area contributed by atoms with E-state index in [1.165, 1.54) is 0 Å². The first-order chi connectivity index (χ1) is 15.0. The maximum atomic E-state index is 12.9. The van der Waals surface area contributed by atoms with Crippen LogP contribution in [0, 0.1) is 11.8 Å². The molecule has 31 heavy (non-hydrogen) atoms. The Kier molecular flexibility index (Phi) is 5.93. The van der Waals surface area contributed by atoms with E-state index in [-0.39, 0.29) is 6.61 Å². The van der Waals surface area contributed by atoms with E-state index in [2.05, 4.69) is 24.1 Å². The number of nitrogens with zero attached hydrogens (tertiary/aromatic N) is 2. The number of ether oxygens (including phenoxy) is 2. The molecule has 4 rings (SSSR count). The van der Waals surface area contributed by atoms with E-state index in [1.54, 1.807) is 6.92 Å². The predicted octanol–water partition coefficient (Wildman–Crippen LogP) is 4.18. The van der Waals surface area contributed by atoms with Crippen LogP contribution >= 0.6 is 0 Å². The van der Waals surface area contributed by atoms with Gasteiger partial charge in [-0.05, 0) is 49.1 Å². The van der Waals surface area contributed by atoms with E-state index < -0.39 is 23.8 Å². The normalized spacial score (nSPS) is 18.0. The number of hydrogen-bond acceptors (Lipinski definition) is 5. The summed E-state index contributed by atoms with van der Waals surface area (Å²) in [5.74, 6) is -0.229. The van der Waals surface area contributed by atoms with Gasteiger partial charge in [0.2, 0.25) is 11.9 Å². The molecule has 0 fully saturated rings. The summed E-state index contributed by atoms with van der Waals surface area (Å²) in [6.45, 7) is 6.89. The van der Waals surface area contributed by atoms with Gasteiger partial charge in [0.15, 0.2) is 5.92 Å². The number of para-hydroxylation sites is 2. The number of aromatic nitrogens is 2. The van der Waals surface area contributed by atoms with Gasteiger partial charge in [0.25, 0.3) is 0 Å². The Balaban J connectivity index is 1.75. The van der Waals surface area contributed by atoms with Gasteiger partial charge in [0, 0.05) is 0 Å². The molecule has 0 unspecified atom stereocenters. The van der Waals surface area contributed by atoms with Crippen LogP contribution in [-0.4, -0.2) is 34.6 Å². The molecule has 1 amide bonds. The van der Waals surface area contributed by atoms with Crippen molar-refractivity contribution >= 4 is 28.9 Å². The summed E-state index contributed by atoms with van der Waals surface area (Å²) >= 11 is 0. The molecule has 0 saturated heterocycles. The van der Waals surface area contributed by atoms with Gasteiger partial charge in [0.05, 0.1) is 30.3 Å². The smallest absolute Gasteiger partial charge is 0.321 e. The van der Waals surface area contributed by atoms with Gasteiger partial charge in [-0.1, -0.05) is 38.1 Å². The van der Waals surface area contributed by atoms with E-state index in [0.29, 0.717) is 18.5 Å². The van der Waals surface area contributed by atoms with Crippen LogP contribution in [0.25, 0.3) is 11.0 Å². The van der Waals surface area contributed by atoms with Crippen molar-refractivity contribution in [2.45, 2.75) is 33.2 Å². The summed E-state index contributed by atoms with van der Waals surface area (Å²) < 4.78 is 13.0. The van der Waals surface area contributed by atoms with Crippen molar-refractivity contribution in [2.75, 3.05) is 18.5 Å². The van der Waals surface area contributed by atoms with E-state index in [9.17, 15) is 9.59 Å². The largest absolute Gasteiger partial charge is 0.494 e. The molecule has 1 aliphatic rings. The molecule has 3 aromatic rings. The molecule has 0 saturated carbocycles. The predicted molar refractivity (Wildman–Crippen MR) is 118 cm³/mol. The summed E-state index contributed by atoms with van der Waals surface area (Å²) in [5.41, 5.74) is 2.41. The minimum absolute atomic E-state index is 0.204. The van der Waals surface area contributed by atoms with Gasteiger partial charge in [-0.15, -0.1) is 0 Å². The van der Waals surface area contributed by atoms with Crippen LogP contribution in [0.2, 0.25) is 0 Å². The minimum atomic E-state index is -1.02. The van der Waals surface area contributed by atoms with Crippen molar-refractivity contribution in [3.63, 3.8) is 0 Å². The third-order valence-corrected chi connectivity index (χ3v) is 5.43. The molecule has 162 valence electrons. The molecule has 0 bridgehead atoms. The zero-order valence-corrected chi connectivity index (χ0v) is 18.0. The second-order valence-corrected chi connectivity index (χ2v) is 8.06. The summed E-state index contributed by atoms with van der Waals surface area (Å²) in [7, 11) is 0. The van der Waals surface area contributed by atoms with Crippen LogP contribution < -0.4 is 10.1 Å². The number of hydrogen-bond donors (Lipinski definition) is 1. The van der Waals surface area contributed by atoms with E-state index >= 15 is 0 Å². The third kappa shape index (κ3) is 4.13. The molecule has 0 spiro atoms. The van der Waals surface area contributed by atoms with Gasteiger partial charge >= 0.3 is 5.97 Å². The summed E-state index contributed by atoms with van der Waals surface area (Å²) in [6, 6.07) is 14.6. The molecule has 0 radical (unpaired) electrons. The van der Waals surface area contributed by atoms with Crippen LogP contribution in [0.15, 0.2) is 48.5 Å². The van der Waals surface area contributed by atoms with Crippen molar-refractivity contribution in [3.8, 4) is 5.75 Å². The minimum Gasteiger partial charge on any atom is -0.494 e. The van der Waals surface area contributed by atoms with E-state index in [0.717, 1.165) is 28.8 Å². The van der Waals surface area contributed by atoms with Crippen LogP contribution in [-0.2, 0) is 14.3 Å². The number of esters is 1. The molecule has 0 aliphatic carbocycles. The Morgan fingerprint density at radius 2 is 1.90 bits per heavy atom. The summed E-state index contributed by atoms with van der Waals surface area (Å²) in [5, 5.41) is 2.78. The third-order valence-electron chi connectivity index (χ3n) is 5.43. The number of imidazole rings is 1. The fraction of sp³-hybridized carbons (Fsp3) is 0.375. The lowest BCUT2D eigenvalue weighted by Crippen LogP contribution is -2.43. The highest BCUT2D eigenvalue weighted by atomic mass is 16.5. The molecule has 1 N–H and O–H groups in total. The van der Waals surface area contributed by atoms with Crippen LogP contribution in [0.4, 0.5) is 5.95 Å². The number of nitrogens with one attached hydrogen (secondary N) is 1. The average Bonchev–Trinajstić information content (AvgIpc) is 3.11. The van der Waals surface area contributed by atoms with Crippen molar-refractivity contribution in [2.24, 2.45) is 11.8 Å². The molecule has 1 aliphatic heterocycles. The molecule has 1 aromatic heterocycles. The van der Waals surface area contributed by atoms with E-state index in [1.807, 2.05) is 53.1 Å². The average molecular weight is 421 g/mol. The molecule has 2 aromatic carbocycles. The second kappa shape index (κ2) is 8.79. The zero-order chi connectivity index (χ0) is 22.0. The Morgan fingerprint density at radius 3 is 2.61 bits per heavy atom. The summed E-state index contributed by atoms with van der Waals surface area (Å²) in [4.78, 5) is 30.3. The number of amides is 1. The highest BCUT2D eigenvalue weighted by Crippen LogP contribution is 2.39. The first kappa shape index (κ1) is 20.9. The standard InChI is InChI=1S/C24H27N3O4/c1-4-30-23(29)20-21(16-9-11-17(12-10-16)31-14-13-15(2)3)27-19-8-6-5-7-18(19)25-24(27)26-22(20)28/h5-12,15,20-21H,4,13-14H2,1-3H3,(H,25,26,28)/t20-,21+/m0/s1. The SMILES string of the molecule is CCOC(=O)[C@@H]1C(=O)Nc2nc3ccccc3n2[C@@H]1c1ccc(OCCC(C)C)cc1. The lowest BCUT2D eigenvalue weighted by Gasteiger charge is -2.32. The number of fused-ring (bicyclic) bond motifs is 3. The topological polar surface area (TPSA) is 82.5 Å². The van der Waals surface area contributed by atoms with Gasteiger partial charge in [0.1, 0.15) is 5.75 Å². The first-order valence-electron chi connectivity index (χ1n) is 10.7.